The molecule has 0 saturated carbocycles. The number of carbonyl (C=O) groups excluding carboxylic acids is 2. The molecule has 1 heterocycles. The second-order valence-corrected chi connectivity index (χ2v) is 4.74. The molecule has 22 heavy (non-hydrogen) atoms. The number of hydrogen-bond acceptors (Lipinski definition) is 5. The van der Waals surface area contributed by atoms with E-state index in [2.05, 4.69) is 0 Å². The zero-order chi connectivity index (χ0) is 16.1. The molecule has 118 valence electrons. The van der Waals surface area contributed by atoms with Gasteiger partial charge in [0.2, 0.25) is 0 Å². The van der Waals surface area contributed by atoms with Gasteiger partial charge in [0.1, 0.15) is 5.75 Å². The average Bonchev–Trinajstić information content (AvgIpc) is 2.79. The lowest BCUT2D eigenvalue weighted by molar-refractivity contribution is -0.138. The van der Waals surface area contributed by atoms with E-state index in [1.165, 1.54) is 20.3 Å². The third-order valence-corrected chi connectivity index (χ3v) is 3.32. The van der Waals surface area contributed by atoms with Crippen molar-refractivity contribution in [2.24, 2.45) is 0 Å². The number of carbonyl (C=O) groups is 2. The Kier molecular flexibility index (Phi) is 5.16. The van der Waals surface area contributed by atoms with Gasteiger partial charge in [0, 0.05) is 5.56 Å². The van der Waals surface area contributed by atoms with Gasteiger partial charge in [-0.25, -0.2) is 4.79 Å². The van der Waals surface area contributed by atoms with Crippen LogP contribution in [0.1, 0.15) is 35.7 Å². The van der Waals surface area contributed by atoms with E-state index in [0.717, 1.165) is 17.9 Å². The molecular formula is C16H19NO5. The lowest BCUT2D eigenvalue weighted by atomic mass is 10.1. The first-order valence-corrected chi connectivity index (χ1v) is 7.07. The van der Waals surface area contributed by atoms with Gasteiger partial charge in [0.25, 0.3) is 5.91 Å². The summed E-state index contributed by atoms with van der Waals surface area (Å²) < 4.78 is 10.2. The maximum absolute atomic E-state index is 12.3. The zero-order valence-electron chi connectivity index (χ0n) is 12.9. The second kappa shape index (κ2) is 7.09. The molecular weight excluding hydrogens is 286 g/mol. The van der Waals surface area contributed by atoms with E-state index in [9.17, 15) is 9.59 Å². The first kappa shape index (κ1) is 16.0. The summed E-state index contributed by atoms with van der Waals surface area (Å²) in [7, 11) is 2.90. The van der Waals surface area contributed by atoms with Crippen molar-refractivity contribution in [1.29, 1.82) is 0 Å². The quantitative estimate of drug-likeness (QED) is 0.459. The van der Waals surface area contributed by atoms with Crippen LogP contribution in [0.5, 0.6) is 5.75 Å². The molecule has 0 spiro atoms. The molecule has 0 atom stereocenters. The Morgan fingerprint density at radius 3 is 2.68 bits per heavy atom. The van der Waals surface area contributed by atoms with Crippen LogP contribution in [0.3, 0.4) is 0 Å². The molecule has 6 nitrogen and oxygen atoms in total. The van der Waals surface area contributed by atoms with Crippen LogP contribution in [0.4, 0.5) is 0 Å². The highest BCUT2D eigenvalue weighted by molar-refractivity contribution is 6.11. The van der Waals surface area contributed by atoms with Crippen molar-refractivity contribution in [2.45, 2.75) is 19.8 Å². The lowest BCUT2D eigenvalue weighted by Gasteiger charge is -2.14. The van der Waals surface area contributed by atoms with Crippen LogP contribution in [0.2, 0.25) is 0 Å². The number of unbranched alkanes of at least 4 members (excludes halogenated alkanes) is 1. The number of methoxy groups -OCH3 is 1. The van der Waals surface area contributed by atoms with E-state index in [4.69, 9.17) is 14.3 Å². The minimum absolute atomic E-state index is 0.344. The standard InChI is InChI=1S/C16H19NO5/c1-4-5-8-22-15(18)10-14-12-7-6-11(20-2)9-13(12)16(19)17(14)21-3/h6-7,9-10H,4-5,8H2,1-3H3/b14-10+. The van der Waals surface area contributed by atoms with E-state index < -0.39 is 5.97 Å². The second-order valence-electron chi connectivity index (χ2n) is 4.74. The number of benzene rings is 1. The summed E-state index contributed by atoms with van der Waals surface area (Å²) in [6.07, 6.45) is 3.01. The van der Waals surface area contributed by atoms with E-state index in [0.29, 0.717) is 29.2 Å². The van der Waals surface area contributed by atoms with Gasteiger partial charge in [-0.3, -0.25) is 9.63 Å². The molecule has 1 amide bonds. The maximum atomic E-state index is 12.3. The van der Waals surface area contributed by atoms with Gasteiger partial charge in [0.05, 0.1) is 38.2 Å². The number of ether oxygens (including phenoxy) is 2. The van der Waals surface area contributed by atoms with Gasteiger partial charge in [-0.1, -0.05) is 13.3 Å². The number of hydrogen-bond donors (Lipinski definition) is 0. The Morgan fingerprint density at radius 1 is 1.27 bits per heavy atom. The molecule has 1 aromatic carbocycles. The SMILES string of the molecule is CCCCOC(=O)/C=C1\c2ccc(OC)cc2C(=O)N1OC. The van der Waals surface area contributed by atoms with Crippen molar-refractivity contribution in [3.05, 3.63) is 35.4 Å². The van der Waals surface area contributed by atoms with Gasteiger partial charge in [0.15, 0.2) is 0 Å². The summed E-state index contributed by atoms with van der Waals surface area (Å²) in [5.41, 5.74) is 1.40. The number of esters is 1. The number of nitrogens with zero attached hydrogens (tertiary/aromatic N) is 1. The van der Waals surface area contributed by atoms with Crippen LogP contribution in [0.25, 0.3) is 5.70 Å². The van der Waals surface area contributed by atoms with Crippen molar-refractivity contribution in [1.82, 2.24) is 5.06 Å². The first-order valence-electron chi connectivity index (χ1n) is 7.07. The molecule has 1 aliphatic rings. The van der Waals surface area contributed by atoms with Gasteiger partial charge in [-0.2, -0.15) is 5.06 Å². The third kappa shape index (κ3) is 3.12. The summed E-state index contributed by atoms with van der Waals surface area (Å²) in [4.78, 5) is 29.2. The number of rotatable bonds is 6. The van der Waals surface area contributed by atoms with Crippen molar-refractivity contribution in [3.8, 4) is 5.75 Å². The highest BCUT2D eigenvalue weighted by Gasteiger charge is 2.34. The molecule has 0 aromatic heterocycles. The largest absolute Gasteiger partial charge is 0.497 e. The van der Waals surface area contributed by atoms with Crippen LogP contribution in [0.15, 0.2) is 24.3 Å². The highest BCUT2D eigenvalue weighted by atomic mass is 16.7. The van der Waals surface area contributed by atoms with Crippen LogP contribution in [-0.4, -0.2) is 37.8 Å². The van der Waals surface area contributed by atoms with Gasteiger partial charge in [-0.15, -0.1) is 0 Å². The molecule has 1 aliphatic heterocycles. The predicted octanol–water partition coefficient (Wildman–Crippen LogP) is 2.40. The predicted molar refractivity (Wildman–Crippen MR) is 80.0 cm³/mol. The van der Waals surface area contributed by atoms with Crippen LogP contribution >= 0.6 is 0 Å². The fourth-order valence-electron chi connectivity index (χ4n) is 2.17. The fraction of sp³-hybridized carbons (Fsp3) is 0.375. The van der Waals surface area contributed by atoms with Crippen molar-refractivity contribution in [3.63, 3.8) is 0 Å². The Morgan fingerprint density at radius 2 is 2.05 bits per heavy atom. The molecule has 0 saturated heterocycles. The third-order valence-electron chi connectivity index (χ3n) is 3.32. The monoisotopic (exact) mass is 305 g/mol. The first-order chi connectivity index (χ1) is 10.6. The normalized spacial score (nSPS) is 15.1. The Balaban J connectivity index is 2.31. The summed E-state index contributed by atoms with van der Waals surface area (Å²) in [6, 6.07) is 5.06. The average molecular weight is 305 g/mol. The molecule has 0 aliphatic carbocycles. The van der Waals surface area contributed by atoms with Gasteiger partial charge >= 0.3 is 5.97 Å². The van der Waals surface area contributed by atoms with E-state index >= 15 is 0 Å². The molecule has 0 bridgehead atoms. The van der Waals surface area contributed by atoms with Crippen molar-refractivity contribution in [2.75, 3.05) is 20.8 Å². The van der Waals surface area contributed by atoms with Gasteiger partial charge < -0.3 is 9.47 Å². The summed E-state index contributed by atoms with van der Waals surface area (Å²) in [6.45, 7) is 2.37. The highest BCUT2D eigenvalue weighted by Crippen LogP contribution is 2.34. The Hall–Kier alpha value is -2.34. The van der Waals surface area contributed by atoms with Crippen LogP contribution in [-0.2, 0) is 14.4 Å². The summed E-state index contributed by atoms with van der Waals surface area (Å²) >= 11 is 0. The Labute approximate surface area is 129 Å². The van der Waals surface area contributed by atoms with Crippen molar-refractivity contribution < 1.29 is 23.9 Å². The summed E-state index contributed by atoms with van der Waals surface area (Å²) in [5.74, 6) is -0.277. The van der Waals surface area contributed by atoms with Crippen LogP contribution < -0.4 is 4.74 Å². The molecule has 0 radical (unpaired) electrons. The van der Waals surface area contributed by atoms with E-state index in [1.807, 2.05) is 6.92 Å². The molecule has 0 unspecified atom stereocenters. The number of fused-ring (bicyclic) bond motifs is 1. The van der Waals surface area contributed by atoms with E-state index in [1.54, 1.807) is 18.2 Å². The molecule has 0 fully saturated rings. The Bertz CT molecular complexity index is 609. The topological polar surface area (TPSA) is 65.1 Å². The number of hydroxylamine groups is 2. The number of amides is 1. The molecule has 2 rings (SSSR count). The van der Waals surface area contributed by atoms with Crippen molar-refractivity contribution >= 4 is 17.6 Å². The van der Waals surface area contributed by atoms with Crippen LogP contribution in [0, 0.1) is 0 Å². The lowest BCUT2D eigenvalue weighted by Crippen LogP contribution is -2.22. The molecule has 6 heteroatoms. The fourth-order valence-corrected chi connectivity index (χ4v) is 2.17. The summed E-state index contributed by atoms with van der Waals surface area (Å²) in [5, 5.41) is 1.07. The van der Waals surface area contributed by atoms with E-state index in [-0.39, 0.29) is 5.91 Å². The zero-order valence-corrected chi connectivity index (χ0v) is 12.9. The van der Waals surface area contributed by atoms with Gasteiger partial charge in [-0.05, 0) is 24.6 Å². The maximum Gasteiger partial charge on any atom is 0.332 e. The smallest absolute Gasteiger partial charge is 0.332 e. The minimum Gasteiger partial charge on any atom is -0.497 e. The molecule has 1 aromatic rings. The minimum atomic E-state index is -0.498. The molecule has 0 N–H and O–H groups in total.